The maximum atomic E-state index is 12.6. The molecule has 2 aromatic rings. The number of rotatable bonds is 6. The van der Waals surface area contributed by atoms with E-state index in [0.29, 0.717) is 11.5 Å². The highest BCUT2D eigenvalue weighted by Gasteiger charge is 2.40. The van der Waals surface area contributed by atoms with E-state index in [1.807, 2.05) is 12.1 Å². The van der Waals surface area contributed by atoms with Gasteiger partial charge in [0.1, 0.15) is 17.6 Å². The number of carbonyl (C=O) groups excluding carboxylic acids is 3. The lowest BCUT2D eigenvalue weighted by Crippen LogP contribution is -2.52. The smallest absolute Gasteiger partial charge is 0.272 e. The van der Waals surface area contributed by atoms with E-state index in [4.69, 9.17) is 0 Å². The van der Waals surface area contributed by atoms with Gasteiger partial charge in [0.2, 0.25) is 11.8 Å². The fraction of sp³-hybridized carbons (Fsp3) is 0.567. The van der Waals surface area contributed by atoms with E-state index >= 15 is 0 Å². The predicted octanol–water partition coefficient (Wildman–Crippen LogP) is 2.27. The molecule has 1 saturated carbocycles. The summed E-state index contributed by atoms with van der Waals surface area (Å²) < 4.78 is 0. The van der Waals surface area contributed by atoms with Gasteiger partial charge in [0.15, 0.2) is 0 Å². The normalized spacial score (nSPS) is 23.2. The Labute approximate surface area is 250 Å². The first-order chi connectivity index (χ1) is 20.8. The fourth-order valence-corrected chi connectivity index (χ4v) is 7.09. The van der Waals surface area contributed by atoms with Crippen molar-refractivity contribution in [2.24, 2.45) is 5.41 Å². The second-order valence-electron chi connectivity index (χ2n) is 12.3. The fourth-order valence-electron chi connectivity index (χ4n) is 7.09. The van der Waals surface area contributed by atoms with E-state index in [1.165, 1.54) is 31.9 Å². The minimum Gasteiger partial charge on any atom is -0.369 e. The first kappa shape index (κ1) is 29.0. The number of nitrogens with zero attached hydrogens (tertiary/aromatic N) is 6. The molecule has 0 bridgehead atoms. The Balaban J connectivity index is 0.941. The quantitative estimate of drug-likeness (QED) is 0.291. The average molecular weight is 591 g/mol. The number of nitrogens with one attached hydrogen (secondary N) is 2. The van der Waals surface area contributed by atoms with Crippen molar-refractivity contribution in [2.75, 3.05) is 49.1 Å². The van der Waals surface area contributed by atoms with Crippen molar-refractivity contribution in [3.05, 3.63) is 52.5 Å². The number of anilines is 2. The number of piperidine rings is 2. The number of benzene rings is 1. The topological polar surface area (TPSA) is 154 Å². The third-order valence-electron chi connectivity index (χ3n) is 9.84. The molecule has 6 rings (SSSR count). The molecule has 3 saturated heterocycles. The summed E-state index contributed by atoms with van der Waals surface area (Å²) in [6, 6.07) is 6.75. The lowest BCUT2D eigenvalue weighted by Gasteiger charge is -2.49. The molecule has 2 N–H and O–H groups in total. The van der Waals surface area contributed by atoms with Gasteiger partial charge in [0.25, 0.3) is 11.6 Å². The van der Waals surface area contributed by atoms with Crippen LogP contribution in [0.5, 0.6) is 0 Å². The number of nitro groups is 1. The van der Waals surface area contributed by atoms with Crippen molar-refractivity contribution >= 4 is 34.9 Å². The van der Waals surface area contributed by atoms with E-state index in [1.54, 1.807) is 18.3 Å². The maximum absolute atomic E-state index is 12.6. The van der Waals surface area contributed by atoms with Crippen molar-refractivity contribution in [1.29, 1.82) is 0 Å². The Morgan fingerprint density at radius 1 is 0.907 bits per heavy atom. The number of hydrogen-bond acceptors (Lipinski definition) is 10. The van der Waals surface area contributed by atoms with Crippen molar-refractivity contribution in [2.45, 2.75) is 63.5 Å². The molecule has 1 atom stereocenters. The van der Waals surface area contributed by atoms with Crippen LogP contribution in [0, 0.1) is 15.5 Å². The minimum atomic E-state index is -0.743. The Hall–Kier alpha value is -4.13. The summed E-state index contributed by atoms with van der Waals surface area (Å²) in [6.45, 7) is 5.73. The standard InChI is InChI=1S/C30H38N8O5/c39-27-6-5-24(28(40)34-27)33-29(41)25-19-32-26(20-31-25)37-13-11-30(12-14-37)9-7-22(8-10-30)36-17-15-35(16-18-36)21-1-3-23(4-2-21)38(42)43/h1-4,19-20,22,24H,5-18H2,(H,33,41)(H,34,39,40). The van der Waals surface area contributed by atoms with Crippen LogP contribution in [0.4, 0.5) is 17.2 Å². The third-order valence-corrected chi connectivity index (χ3v) is 9.84. The highest BCUT2D eigenvalue weighted by Crippen LogP contribution is 2.46. The molecule has 1 aliphatic carbocycles. The van der Waals surface area contributed by atoms with Gasteiger partial charge in [-0.15, -0.1) is 0 Å². The number of aromatic nitrogens is 2. The molecule has 1 aromatic heterocycles. The maximum Gasteiger partial charge on any atom is 0.272 e. The highest BCUT2D eigenvalue weighted by atomic mass is 16.6. The number of piperazine rings is 1. The molecule has 1 unspecified atom stereocenters. The first-order valence-corrected chi connectivity index (χ1v) is 15.2. The van der Waals surface area contributed by atoms with Crippen molar-refractivity contribution < 1.29 is 19.3 Å². The van der Waals surface area contributed by atoms with Crippen molar-refractivity contribution in [3.8, 4) is 0 Å². The second-order valence-corrected chi connectivity index (χ2v) is 12.3. The van der Waals surface area contributed by atoms with Crippen LogP contribution in [0.1, 0.15) is 61.9 Å². The zero-order valence-electron chi connectivity index (χ0n) is 24.2. The van der Waals surface area contributed by atoms with E-state index in [-0.39, 0.29) is 35.1 Å². The zero-order valence-corrected chi connectivity index (χ0v) is 24.2. The molecular weight excluding hydrogens is 552 g/mol. The van der Waals surface area contributed by atoms with Gasteiger partial charge >= 0.3 is 0 Å². The molecule has 1 spiro atoms. The van der Waals surface area contributed by atoms with E-state index in [9.17, 15) is 24.5 Å². The largest absolute Gasteiger partial charge is 0.369 e. The van der Waals surface area contributed by atoms with Gasteiger partial charge in [-0.1, -0.05) is 0 Å². The lowest BCUT2D eigenvalue weighted by molar-refractivity contribution is -0.384. The van der Waals surface area contributed by atoms with Gasteiger partial charge in [0, 0.05) is 69.6 Å². The molecular formula is C30H38N8O5. The number of amides is 3. The molecule has 13 nitrogen and oxygen atoms in total. The Morgan fingerprint density at radius 2 is 1.60 bits per heavy atom. The zero-order chi connectivity index (χ0) is 30.0. The Kier molecular flexibility index (Phi) is 8.24. The highest BCUT2D eigenvalue weighted by molar-refractivity contribution is 6.03. The monoisotopic (exact) mass is 590 g/mol. The Bertz CT molecular complexity index is 1340. The molecule has 3 aliphatic heterocycles. The van der Waals surface area contributed by atoms with Gasteiger partial charge < -0.3 is 15.1 Å². The Morgan fingerprint density at radius 3 is 2.21 bits per heavy atom. The van der Waals surface area contributed by atoms with Gasteiger partial charge in [-0.3, -0.25) is 34.7 Å². The van der Waals surface area contributed by atoms with Gasteiger partial charge in [-0.2, -0.15) is 0 Å². The molecule has 228 valence electrons. The lowest BCUT2D eigenvalue weighted by atomic mass is 9.66. The molecule has 4 aliphatic rings. The van der Waals surface area contributed by atoms with Crippen LogP contribution in [0.25, 0.3) is 0 Å². The predicted molar refractivity (Wildman–Crippen MR) is 159 cm³/mol. The molecule has 4 heterocycles. The van der Waals surface area contributed by atoms with Gasteiger partial charge in [0.05, 0.1) is 17.3 Å². The summed E-state index contributed by atoms with van der Waals surface area (Å²) in [5, 5.41) is 15.8. The number of non-ortho nitro benzene ring substituents is 1. The molecule has 4 fully saturated rings. The molecule has 3 amide bonds. The van der Waals surface area contributed by atoms with Crippen LogP contribution in [-0.4, -0.2) is 88.9 Å². The van der Waals surface area contributed by atoms with Crippen LogP contribution in [0.15, 0.2) is 36.7 Å². The van der Waals surface area contributed by atoms with Crippen molar-refractivity contribution in [3.63, 3.8) is 0 Å². The van der Waals surface area contributed by atoms with Crippen LogP contribution >= 0.6 is 0 Å². The van der Waals surface area contributed by atoms with Crippen LogP contribution in [0.2, 0.25) is 0 Å². The summed E-state index contributed by atoms with van der Waals surface area (Å²) in [5.41, 5.74) is 1.70. The number of nitro benzene ring substituents is 1. The summed E-state index contributed by atoms with van der Waals surface area (Å²) in [6.07, 6.45) is 10.7. The number of carbonyl (C=O) groups is 3. The van der Waals surface area contributed by atoms with Crippen LogP contribution < -0.4 is 20.4 Å². The SMILES string of the molecule is O=C1CCC(NC(=O)c2cnc(N3CCC4(CCC(N5CCN(c6ccc([N+](=O)[O-])cc6)CC5)CC4)CC3)cn2)C(=O)N1. The third kappa shape index (κ3) is 6.46. The number of imide groups is 1. The first-order valence-electron chi connectivity index (χ1n) is 15.2. The molecule has 1 aromatic carbocycles. The van der Waals surface area contributed by atoms with Crippen LogP contribution in [-0.2, 0) is 9.59 Å². The van der Waals surface area contributed by atoms with Gasteiger partial charge in [-0.25, -0.2) is 9.97 Å². The van der Waals surface area contributed by atoms with Crippen LogP contribution in [0.3, 0.4) is 0 Å². The van der Waals surface area contributed by atoms with E-state index in [0.717, 1.165) is 63.6 Å². The molecule has 13 heteroatoms. The minimum absolute atomic E-state index is 0.128. The summed E-state index contributed by atoms with van der Waals surface area (Å²) in [7, 11) is 0. The van der Waals surface area contributed by atoms with E-state index in [2.05, 4.69) is 35.3 Å². The van der Waals surface area contributed by atoms with Crippen molar-refractivity contribution in [1.82, 2.24) is 25.5 Å². The summed E-state index contributed by atoms with van der Waals surface area (Å²) in [4.78, 5) is 62.4. The van der Waals surface area contributed by atoms with E-state index < -0.39 is 17.9 Å². The average Bonchev–Trinajstić information content (AvgIpc) is 3.03. The summed E-state index contributed by atoms with van der Waals surface area (Å²) >= 11 is 0. The molecule has 43 heavy (non-hydrogen) atoms. The molecule has 0 radical (unpaired) electrons. The summed E-state index contributed by atoms with van der Waals surface area (Å²) in [5.74, 6) is -0.539. The number of hydrogen-bond donors (Lipinski definition) is 2. The second kappa shape index (κ2) is 12.2. The van der Waals surface area contributed by atoms with Gasteiger partial charge in [-0.05, 0) is 62.5 Å².